The van der Waals surface area contributed by atoms with E-state index in [1.807, 2.05) is 61.5 Å². The first-order valence-electron chi connectivity index (χ1n) is 9.14. The Morgan fingerprint density at radius 3 is 2.46 bits per heavy atom. The molecule has 0 fully saturated rings. The van der Waals surface area contributed by atoms with Gasteiger partial charge in [-0.2, -0.15) is 0 Å². The van der Waals surface area contributed by atoms with Crippen LogP contribution in [0.4, 0.5) is 5.69 Å². The van der Waals surface area contributed by atoms with E-state index in [0.717, 1.165) is 16.7 Å². The number of halogens is 1. The third kappa shape index (κ3) is 4.58. The molecule has 0 aliphatic rings. The number of methoxy groups -OCH3 is 1. The van der Waals surface area contributed by atoms with Crippen LogP contribution in [0.1, 0.15) is 29.7 Å². The Kier molecular flexibility index (Phi) is 6.80. The van der Waals surface area contributed by atoms with Gasteiger partial charge in [0.05, 0.1) is 7.11 Å². The summed E-state index contributed by atoms with van der Waals surface area (Å²) in [5, 5.41) is 0.601. The van der Waals surface area contributed by atoms with Crippen LogP contribution < -0.4 is 15.2 Å². The fourth-order valence-electron chi connectivity index (χ4n) is 3.07. The summed E-state index contributed by atoms with van der Waals surface area (Å²) < 4.78 is 17.8. The lowest BCUT2D eigenvalue weighted by atomic mass is 9.98. The van der Waals surface area contributed by atoms with Crippen LogP contribution >= 0.6 is 11.6 Å². The van der Waals surface area contributed by atoms with Gasteiger partial charge in [-0.25, -0.2) is 0 Å². The third-order valence-electron chi connectivity index (χ3n) is 4.40. The van der Waals surface area contributed by atoms with Gasteiger partial charge in [0.1, 0.15) is 12.7 Å². The van der Waals surface area contributed by atoms with E-state index >= 15 is 0 Å². The Morgan fingerprint density at radius 2 is 1.75 bits per heavy atom. The molecule has 28 heavy (non-hydrogen) atoms. The van der Waals surface area contributed by atoms with Crippen molar-refractivity contribution in [1.82, 2.24) is 0 Å². The fraction of sp³-hybridized carbons (Fsp3) is 0.217. The highest BCUT2D eigenvalue weighted by Gasteiger charge is 2.24. The van der Waals surface area contributed by atoms with Crippen molar-refractivity contribution in [2.45, 2.75) is 19.6 Å². The van der Waals surface area contributed by atoms with Gasteiger partial charge >= 0.3 is 0 Å². The van der Waals surface area contributed by atoms with Crippen molar-refractivity contribution in [3.63, 3.8) is 0 Å². The number of benzene rings is 3. The standard InChI is InChI=1S/C23H24ClNO3/c1-3-27-22(19-14-17(24)12-13-20(19)25)18-10-7-11-21(26-2)23(18)28-15-16-8-5-4-6-9-16/h4-14,22H,3,15,25H2,1-2H3. The normalized spacial score (nSPS) is 11.8. The number of nitrogens with two attached hydrogens (primary N) is 1. The molecule has 0 bridgehead atoms. The molecule has 0 radical (unpaired) electrons. The lowest BCUT2D eigenvalue weighted by Gasteiger charge is -2.24. The highest BCUT2D eigenvalue weighted by Crippen LogP contribution is 2.41. The summed E-state index contributed by atoms with van der Waals surface area (Å²) in [6.45, 7) is 2.86. The lowest BCUT2D eigenvalue weighted by molar-refractivity contribution is 0.0885. The van der Waals surface area contributed by atoms with Crippen LogP contribution in [0.5, 0.6) is 11.5 Å². The number of nitrogen functional groups attached to an aromatic ring is 1. The Hall–Kier alpha value is -2.69. The first-order valence-corrected chi connectivity index (χ1v) is 9.52. The van der Waals surface area contributed by atoms with Gasteiger partial charge in [-0.3, -0.25) is 0 Å². The minimum atomic E-state index is -0.426. The van der Waals surface area contributed by atoms with Crippen molar-refractivity contribution in [2.24, 2.45) is 0 Å². The molecule has 0 heterocycles. The summed E-state index contributed by atoms with van der Waals surface area (Å²) in [4.78, 5) is 0. The van der Waals surface area contributed by atoms with Gasteiger partial charge in [0, 0.05) is 28.4 Å². The molecule has 1 atom stereocenters. The maximum Gasteiger partial charge on any atom is 0.167 e. The van der Waals surface area contributed by atoms with Crippen LogP contribution in [0.15, 0.2) is 66.7 Å². The Balaban J connectivity index is 2.03. The number of rotatable bonds is 8. The molecule has 0 amide bonds. The molecule has 0 saturated heterocycles. The van der Waals surface area contributed by atoms with Crippen LogP contribution in [-0.4, -0.2) is 13.7 Å². The third-order valence-corrected chi connectivity index (χ3v) is 4.64. The van der Waals surface area contributed by atoms with E-state index in [1.54, 1.807) is 19.2 Å². The summed E-state index contributed by atoms with van der Waals surface area (Å²) >= 11 is 6.22. The SMILES string of the molecule is CCOC(c1cc(Cl)ccc1N)c1cccc(OC)c1OCc1ccccc1. The fourth-order valence-corrected chi connectivity index (χ4v) is 3.25. The molecule has 2 N–H and O–H groups in total. The highest BCUT2D eigenvalue weighted by atomic mass is 35.5. The molecule has 5 heteroatoms. The van der Waals surface area contributed by atoms with Gasteiger partial charge in [-0.05, 0) is 36.8 Å². The molecule has 0 aromatic heterocycles. The second kappa shape index (κ2) is 9.49. The van der Waals surface area contributed by atoms with Crippen molar-refractivity contribution < 1.29 is 14.2 Å². The van der Waals surface area contributed by atoms with Gasteiger partial charge in [-0.15, -0.1) is 0 Å². The lowest BCUT2D eigenvalue weighted by Crippen LogP contribution is -2.11. The molecule has 1 unspecified atom stereocenters. The van der Waals surface area contributed by atoms with Crippen LogP contribution in [0.2, 0.25) is 5.02 Å². The van der Waals surface area contributed by atoms with E-state index in [1.165, 1.54) is 0 Å². The zero-order valence-corrected chi connectivity index (χ0v) is 16.8. The summed E-state index contributed by atoms with van der Waals surface area (Å²) in [5.41, 5.74) is 9.55. The Bertz CT molecular complexity index is 915. The number of hydrogen-bond donors (Lipinski definition) is 1. The molecule has 0 aliphatic heterocycles. The minimum absolute atomic E-state index is 0.415. The monoisotopic (exact) mass is 397 g/mol. The minimum Gasteiger partial charge on any atom is -0.493 e. The molecule has 3 aromatic rings. The van der Waals surface area contributed by atoms with E-state index in [2.05, 4.69) is 0 Å². The maximum absolute atomic E-state index is 6.23. The van der Waals surface area contributed by atoms with Gasteiger partial charge in [0.15, 0.2) is 11.5 Å². The van der Waals surface area contributed by atoms with E-state index in [4.69, 9.17) is 31.5 Å². The average molecular weight is 398 g/mol. The van der Waals surface area contributed by atoms with Crippen LogP contribution in [0, 0.1) is 0 Å². The van der Waals surface area contributed by atoms with Crippen molar-refractivity contribution in [2.75, 3.05) is 19.5 Å². The summed E-state index contributed by atoms with van der Waals surface area (Å²) in [7, 11) is 1.62. The predicted octanol–water partition coefficient (Wildman–Crippen LogP) is 5.64. The maximum atomic E-state index is 6.23. The zero-order valence-electron chi connectivity index (χ0n) is 16.0. The van der Waals surface area contributed by atoms with E-state index in [9.17, 15) is 0 Å². The number of hydrogen-bond acceptors (Lipinski definition) is 4. The molecular formula is C23H24ClNO3. The highest BCUT2D eigenvalue weighted by molar-refractivity contribution is 6.30. The van der Waals surface area contributed by atoms with Gasteiger partial charge in [0.25, 0.3) is 0 Å². The van der Waals surface area contributed by atoms with Gasteiger partial charge in [0.2, 0.25) is 0 Å². The smallest absolute Gasteiger partial charge is 0.167 e. The molecular weight excluding hydrogens is 374 g/mol. The molecule has 4 nitrogen and oxygen atoms in total. The molecule has 0 spiro atoms. The Labute approximate surface area is 170 Å². The van der Waals surface area contributed by atoms with Crippen LogP contribution in [0.3, 0.4) is 0 Å². The number of ether oxygens (including phenoxy) is 3. The van der Waals surface area contributed by atoms with E-state index in [-0.39, 0.29) is 0 Å². The number of anilines is 1. The summed E-state index contributed by atoms with van der Waals surface area (Å²) in [5.74, 6) is 1.27. The first kappa shape index (κ1) is 20.1. The van der Waals surface area contributed by atoms with Crippen molar-refractivity contribution in [1.29, 1.82) is 0 Å². The van der Waals surface area contributed by atoms with Crippen LogP contribution in [0.25, 0.3) is 0 Å². The van der Waals surface area contributed by atoms with E-state index < -0.39 is 6.10 Å². The van der Waals surface area contributed by atoms with Crippen LogP contribution in [-0.2, 0) is 11.3 Å². The second-order valence-corrected chi connectivity index (χ2v) is 6.70. The molecule has 3 aromatic carbocycles. The largest absolute Gasteiger partial charge is 0.493 e. The molecule has 146 valence electrons. The topological polar surface area (TPSA) is 53.7 Å². The Morgan fingerprint density at radius 1 is 0.964 bits per heavy atom. The van der Waals surface area contributed by atoms with Gasteiger partial charge < -0.3 is 19.9 Å². The molecule has 3 rings (SSSR count). The number of para-hydroxylation sites is 1. The zero-order chi connectivity index (χ0) is 19.9. The summed E-state index contributed by atoms with van der Waals surface area (Å²) in [6, 6.07) is 21.1. The first-order chi connectivity index (χ1) is 13.6. The molecule has 0 aliphatic carbocycles. The van der Waals surface area contributed by atoms with Gasteiger partial charge in [-0.1, -0.05) is 54.1 Å². The van der Waals surface area contributed by atoms with E-state index in [0.29, 0.717) is 35.4 Å². The second-order valence-electron chi connectivity index (χ2n) is 6.26. The predicted molar refractivity (Wildman–Crippen MR) is 113 cm³/mol. The van der Waals surface area contributed by atoms with Crippen molar-refractivity contribution >= 4 is 17.3 Å². The quantitative estimate of drug-likeness (QED) is 0.500. The average Bonchev–Trinajstić information content (AvgIpc) is 2.73. The molecule has 0 saturated carbocycles. The summed E-state index contributed by atoms with van der Waals surface area (Å²) in [6.07, 6.45) is -0.426. The van der Waals surface area contributed by atoms with Crippen molar-refractivity contribution in [3.05, 3.63) is 88.4 Å². The van der Waals surface area contributed by atoms with Crippen molar-refractivity contribution in [3.8, 4) is 11.5 Å².